The molecule has 0 unspecified atom stereocenters. The molecule has 3 aromatic carbocycles. The fraction of sp³-hybridized carbons (Fsp3) is 0.136. The summed E-state index contributed by atoms with van der Waals surface area (Å²) < 4.78 is 53.0. The van der Waals surface area contributed by atoms with Gasteiger partial charge in [0.2, 0.25) is 15.9 Å². The average molecular weight is 542 g/mol. The number of anilines is 3. The van der Waals surface area contributed by atoms with E-state index >= 15 is 0 Å². The lowest BCUT2D eigenvalue weighted by atomic mass is 10.2. The summed E-state index contributed by atoms with van der Waals surface area (Å²) in [6.07, 6.45) is 0.987. The van der Waals surface area contributed by atoms with Gasteiger partial charge in [0.1, 0.15) is 6.54 Å². The van der Waals surface area contributed by atoms with E-state index in [4.69, 9.17) is 23.2 Å². The minimum atomic E-state index is -3.86. The van der Waals surface area contributed by atoms with E-state index in [-0.39, 0.29) is 10.6 Å². The number of nitrogens with one attached hydrogen (secondary N) is 2. The van der Waals surface area contributed by atoms with Gasteiger partial charge < -0.3 is 5.32 Å². The highest BCUT2D eigenvalue weighted by molar-refractivity contribution is 7.92. The number of rotatable bonds is 8. The largest absolute Gasteiger partial charge is 0.325 e. The molecule has 0 atom stereocenters. The van der Waals surface area contributed by atoms with Gasteiger partial charge in [0, 0.05) is 21.4 Å². The summed E-state index contributed by atoms with van der Waals surface area (Å²) in [6.45, 7) is 1.29. The number of benzene rings is 3. The van der Waals surface area contributed by atoms with Crippen molar-refractivity contribution in [1.29, 1.82) is 0 Å². The first-order chi connectivity index (χ1) is 15.8. The summed E-state index contributed by atoms with van der Waals surface area (Å²) in [6, 6.07) is 16.3. The van der Waals surface area contributed by atoms with E-state index in [1.54, 1.807) is 31.2 Å². The molecule has 0 heterocycles. The van der Waals surface area contributed by atoms with Crippen molar-refractivity contribution < 1.29 is 21.6 Å². The summed E-state index contributed by atoms with van der Waals surface area (Å²) >= 11 is 11.9. The number of halogens is 2. The van der Waals surface area contributed by atoms with Crippen molar-refractivity contribution in [2.75, 3.05) is 27.1 Å². The quantitative estimate of drug-likeness (QED) is 0.435. The van der Waals surface area contributed by atoms with Gasteiger partial charge in [-0.1, -0.05) is 29.3 Å². The molecule has 1 amide bonds. The number of carbonyl (C=O) groups excluding carboxylic acids is 1. The van der Waals surface area contributed by atoms with E-state index in [2.05, 4.69) is 10.0 Å². The molecule has 0 saturated heterocycles. The molecule has 34 heavy (non-hydrogen) atoms. The number of carbonyl (C=O) groups is 1. The maximum atomic E-state index is 12.6. The lowest BCUT2D eigenvalue weighted by molar-refractivity contribution is -0.114. The first-order valence-electron chi connectivity index (χ1n) is 9.77. The Balaban J connectivity index is 1.71. The van der Waals surface area contributed by atoms with Gasteiger partial charge in [0.05, 0.1) is 16.8 Å². The van der Waals surface area contributed by atoms with Crippen LogP contribution >= 0.6 is 23.2 Å². The summed E-state index contributed by atoms with van der Waals surface area (Å²) in [5.41, 5.74) is 1.66. The Kier molecular flexibility index (Phi) is 7.77. The maximum absolute atomic E-state index is 12.6. The van der Waals surface area contributed by atoms with Crippen LogP contribution in [-0.2, 0) is 24.8 Å². The van der Waals surface area contributed by atoms with Crippen LogP contribution in [0.4, 0.5) is 17.1 Å². The summed E-state index contributed by atoms with van der Waals surface area (Å²) in [5.74, 6) is -0.614. The molecular formula is C22H21Cl2N3O5S2. The molecule has 3 rings (SSSR count). The molecule has 0 radical (unpaired) electrons. The zero-order valence-corrected chi connectivity index (χ0v) is 21.3. The summed E-state index contributed by atoms with van der Waals surface area (Å²) in [5, 5.41) is 3.41. The third-order valence-corrected chi connectivity index (χ3v) is 7.87. The average Bonchev–Trinajstić information content (AvgIpc) is 2.75. The van der Waals surface area contributed by atoms with Crippen LogP contribution in [0.15, 0.2) is 71.6 Å². The fourth-order valence-corrected chi connectivity index (χ4v) is 5.12. The highest BCUT2D eigenvalue weighted by atomic mass is 35.5. The third kappa shape index (κ3) is 6.63. The Morgan fingerprint density at radius 3 is 2.03 bits per heavy atom. The lowest BCUT2D eigenvalue weighted by Crippen LogP contribution is -2.37. The number of hydrogen-bond acceptors (Lipinski definition) is 5. The highest BCUT2D eigenvalue weighted by Crippen LogP contribution is 2.25. The molecule has 0 aliphatic rings. The molecular weight excluding hydrogens is 521 g/mol. The van der Waals surface area contributed by atoms with E-state index in [9.17, 15) is 21.6 Å². The summed E-state index contributed by atoms with van der Waals surface area (Å²) in [7, 11) is -7.63. The van der Waals surface area contributed by atoms with Crippen molar-refractivity contribution in [3.05, 3.63) is 82.3 Å². The zero-order valence-electron chi connectivity index (χ0n) is 18.1. The number of amides is 1. The van der Waals surface area contributed by atoms with Crippen LogP contribution in [0.1, 0.15) is 5.56 Å². The molecule has 2 N–H and O–H groups in total. The molecule has 12 heteroatoms. The predicted octanol–water partition coefficient (Wildman–Crippen LogP) is 4.51. The van der Waals surface area contributed by atoms with Crippen LogP contribution in [0.3, 0.4) is 0 Å². The van der Waals surface area contributed by atoms with Crippen molar-refractivity contribution in [1.82, 2.24) is 0 Å². The molecule has 0 aliphatic carbocycles. The number of sulfonamides is 2. The topological polar surface area (TPSA) is 113 Å². The Hall–Kier alpha value is -2.79. The smallest absolute Gasteiger partial charge is 0.261 e. The second-order valence-electron chi connectivity index (χ2n) is 7.39. The highest BCUT2D eigenvalue weighted by Gasteiger charge is 2.22. The molecule has 0 fully saturated rings. The van der Waals surface area contributed by atoms with Gasteiger partial charge in [-0.15, -0.1) is 0 Å². The molecule has 0 spiro atoms. The third-order valence-electron chi connectivity index (χ3n) is 4.68. The van der Waals surface area contributed by atoms with Gasteiger partial charge in [-0.25, -0.2) is 16.8 Å². The molecule has 8 nitrogen and oxygen atoms in total. The molecule has 0 aromatic heterocycles. The van der Waals surface area contributed by atoms with Gasteiger partial charge >= 0.3 is 0 Å². The van der Waals surface area contributed by atoms with Crippen LogP contribution in [0.5, 0.6) is 0 Å². The Bertz CT molecular complexity index is 1410. The van der Waals surface area contributed by atoms with Crippen LogP contribution < -0.4 is 14.3 Å². The van der Waals surface area contributed by atoms with Crippen LogP contribution in [0, 0.1) is 6.92 Å². The second-order valence-corrected chi connectivity index (χ2v) is 11.8. The molecule has 3 aromatic rings. The van der Waals surface area contributed by atoms with Gasteiger partial charge in [-0.3, -0.25) is 13.8 Å². The SMILES string of the molecule is Cc1ccc(N(CC(=O)Nc2ccc(S(=O)(=O)Nc3ccc(Cl)cc3)cc2)S(C)(=O)=O)cc1Cl. The van der Waals surface area contributed by atoms with Crippen LogP contribution in [0.25, 0.3) is 0 Å². The number of nitrogens with zero attached hydrogens (tertiary/aromatic N) is 1. The normalized spacial score (nSPS) is 11.6. The zero-order chi connectivity index (χ0) is 25.1. The standard InChI is InChI=1S/C22H21Cl2N3O5S2/c1-15-3-10-19(13-21(15)24)27(33(2,29)30)14-22(28)25-17-8-11-20(12-9-17)34(31,32)26-18-6-4-16(23)5-7-18/h3-13,26H,14H2,1-2H3,(H,25,28). The van der Waals surface area contributed by atoms with Crippen molar-refractivity contribution in [3.63, 3.8) is 0 Å². The lowest BCUT2D eigenvalue weighted by Gasteiger charge is -2.22. The van der Waals surface area contributed by atoms with E-state index in [0.29, 0.717) is 21.4 Å². The molecule has 180 valence electrons. The predicted molar refractivity (Wildman–Crippen MR) is 136 cm³/mol. The minimum absolute atomic E-state index is 0.0208. The van der Waals surface area contributed by atoms with Crippen molar-refractivity contribution >= 4 is 66.2 Å². The van der Waals surface area contributed by atoms with E-state index < -0.39 is 32.5 Å². The molecule has 0 bridgehead atoms. The Labute approximate surface area is 208 Å². The van der Waals surface area contributed by atoms with Crippen molar-refractivity contribution in [2.45, 2.75) is 11.8 Å². The van der Waals surface area contributed by atoms with Crippen LogP contribution in [0.2, 0.25) is 10.0 Å². The van der Waals surface area contributed by atoms with E-state index in [1.807, 2.05) is 0 Å². The molecule has 0 saturated carbocycles. The number of hydrogen-bond donors (Lipinski definition) is 2. The van der Waals surface area contributed by atoms with Crippen molar-refractivity contribution in [2.24, 2.45) is 0 Å². The Morgan fingerprint density at radius 1 is 0.882 bits per heavy atom. The second kappa shape index (κ2) is 10.2. The fourth-order valence-electron chi connectivity index (χ4n) is 2.92. The number of aryl methyl sites for hydroxylation is 1. The van der Waals surface area contributed by atoms with Gasteiger partial charge in [0.25, 0.3) is 10.0 Å². The molecule has 0 aliphatic heterocycles. The maximum Gasteiger partial charge on any atom is 0.261 e. The van der Waals surface area contributed by atoms with Gasteiger partial charge in [0.15, 0.2) is 0 Å². The van der Waals surface area contributed by atoms with Crippen molar-refractivity contribution in [3.8, 4) is 0 Å². The summed E-state index contributed by atoms with van der Waals surface area (Å²) in [4.78, 5) is 12.5. The van der Waals surface area contributed by atoms with Crippen LogP contribution in [-0.4, -0.2) is 35.5 Å². The van der Waals surface area contributed by atoms with E-state index in [0.717, 1.165) is 16.1 Å². The van der Waals surface area contributed by atoms with Gasteiger partial charge in [-0.2, -0.15) is 0 Å². The first-order valence-corrected chi connectivity index (χ1v) is 13.9. The van der Waals surface area contributed by atoms with Gasteiger partial charge in [-0.05, 0) is 73.2 Å². The first kappa shape index (κ1) is 25.8. The minimum Gasteiger partial charge on any atom is -0.325 e. The Morgan fingerprint density at radius 2 is 1.47 bits per heavy atom. The monoisotopic (exact) mass is 541 g/mol. The van der Waals surface area contributed by atoms with E-state index in [1.165, 1.54) is 42.5 Å².